The first-order valence-corrected chi connectivity index (χ1v) is 8.33. The summed E-state index contributed by atoms with van der Waals surface area (Å²) in [5.74, 6) is -0.661. The SMILES string of the molecule is Cc1cc(N)cc(S(=O)(=O)Nc2c(F)cccc2Br)c1C. The standard InChI is InChI=1S/C14H14BrFN2O2S/c1-8-6-10(17)7-13(9(8)2)21(19,20)18-14-11(15)4-3-5-12(14)16/h3-7,18H,17H2,1-2H3. The quantitative estimate of drug-likeness (QED) is 0.808. The smallest absolute Gasteiger partial charge is 0.262 e. The Morgan fingerprint density at radius 3 is 2.52 bits per heavy atom. The summed E-state index contributed by atoms with van der Waals surface area (Å²) >= 11 is 3.13. The Balaban J connectivity index is 2.54. The molecule has 2 rings (SSSR count). The van der Waals surface area contributed by atoms with Gasteiger partial charge in [0.1, 0.15) is 5.82 Å². The topological polar surface area (TPSA) is 72.2 Å². The van der Waals surface area contributed by atoms with Crippen molar-refractivity contribution in [1.29, 1.82) is 0 Å². The van der Waals surface area contributed by atoms with Crippen molar-refractivity contribution in [2.75, 3.05) is 10.5 Å². The van der Waals surface area contributed by atoms with Crippen LogP contribution in [0.15, 0.2) is 39.7 Å². The minimum Gasteiger partial charge on any atom is -0.399 e. The van der Waals surface area contributed by atoms with Crippen molar-refractivity contribution >= 4 is 37.3 Å². The number of aryl methyl sites for hydroxylation is 1. The first-order valence-electron chi connectivity index (χ1n) is 6.06. The van der Waals surface area contributed by atoms with Gasteiger partial charge < -0.3 is 5.73 Å². The second-order valence-corrected chi connectivity index (χ2v) is 7.17. The third-order valence-corrected chi connectivity index (χ3v) is 5.27. The van der Waals surface area contributed by atoms with Gasteiger partial charge in [0.15, 0.2) is 0 Å². The van der Waals surface area contributed by atoms with Gasteiger partial charge in [0.25, 0.3) is 10.0 Å². The van der Waals surface area contributed by atoms with E-state index in [1.54, 1.807) is 26.0 Å². The highest BCUT2D eigenvalue weighted by Crippen LogP contribution is 2.29. The van der Waals surface area contributed by atoms with Crippen molar-refractivity contribution < 1.29 is 12.8 Å². The highest BCUT2D eigenvalue weighted by Gasteiger charge is 2.21. The van der Waals surface area contributed by atoms with Crippen LogP contribution in [-0.2, 0) is 10.0 Å². The number of anilines is 2. The van der Waals surface area contributed by atoms with E-state index >= 15 is 0 Å². The van der Waals surface area contributed by atoms with Crippen LogP contribution in [0.3, 0.4) is 0 Å². The molecule has 0 radical (unpaired) electrons. The van der Waals surface area contributed by atoms with Crippen molar-refractivity contribution in [3.05, 3.63) is 51.7 Å². The number of hydrogen-bond donors (Lipinski definition) is 2. The lowest BCUT2D eigenvalue weighted by Gasteiger charge is -2.14. The molecule has 0 fully saturated rings. The lowest BCUT2D eigenvalue weighted by atomic mass is 10.1. The van der Waals surface area contributed by atoms with Crippen LogP contribution in [0, 0.1) is 19.7 Å². The Kier molecular flexibility index (Phi) is 4.25. The second-order valence-electron chi connectivity index (χ2n) is 4.66. The molecule has 0 amide bonds. The number of nitrogens with one attached hydrogen (secondary N) is 1. The van der Waals surface area contributed by atoms with E-state index in [1.807, 2.05) is 0 Å². The van der Waals surface area contributed by atoms with E-state index in [1.165, 1.54) is 18.2 Å². The molecule has 21 heavy (non-hydrogen) atoms. The third kappa shape index (κ3) is 3.19. The monoisotopic (exact) mass is 372 g/mol. The van der Waals surface area contributed by atoms with Crippen LogP contribution >= 0.6 is 15.9 Å². The molecule has 0 heterocycles. The van der Waals surface area contributed by atoms with Crippen LogP contribution in [0.1, 0.15) is 11.1 Å². The molecule has 0 saturated heterocycles. The van der Waals surface area contributed by atoms with Crippen LogP contribution in [0.2, 0.25) is 0 Å². The minimum absolute atomic E-state index is 0.0372. The molecule has 0 saturated carbocycles. The molecule has 0 aromatic heterocycles. The minimum atomic E-state index is -3.93. The fraction of sp³-hybridized carbons (Fsp3) is 0.143. The van der Waals surface area contributed by atoms with Crippen LogP contribution in [0.5, 0.6) is 0 Å². The van der Waals surface area contributed by atoms with Crippen LogP contribution < -0.4 is 10.5 Å². The average Bonchev–Trinajstić information content (AvgIpc) is 2.38. The summed E-state index contributed by atoms with van der Waals surface area (Å²) < 4.78 is 41.3. The average molecular weight is 373 g/mol. The van der Waals surface area contributed by atoms with Crippen molar-refractivity contribution in [3.8, 4) is 0 Å². The zero-order valence-electron chi connectivity index (χ0n) is 11.4. The van der Waals surface area contributed by atoms with Crippen molar-refractivity contribution in [1.82, 2.24) is 0 Å². The molecule has 4 nitrogen and oxygen atoms in total. The normalized spacial score (nSPS) is 11.4. The number of para-hydroxylation sites is 1. The Labute approximate surface area is 131 Å². The third-order valence-electron chi connectivity index (χ3n) is 3.13. The number of nitrogens with two attached hydrogens (primary N) is 1. The molecule has 112 valence electrons. The van der Waals surface area contributed by atoms with E-state index in [2.05, 4.69) is 20.7 Å². The summed E-state index contributed by atoms with van der Waals surface area (Å²) in [7, 11) is -3.93. The zero-order valence-corrected chi connectivity index (χ0v) is 13.8. The number of sulfonamides is 1. The van der Waals surface area contributed by atoms with Crippen LogP contribution in [0.4, 0.5) is 15.8 Å². The van der Waals surface area contributed by atoms with Gasteiger partial charge in [-0.1, -0.05) is 6.07 Å². The summed E-state index contributed by atoms with van der Waals surface area (Å²) in [4.78, 5) is 0.0372. The van der Waals surface area contributed by atoms with E-state index < -0.39 is 15.8 Å². The Hall–Kier alpha value is -1.60. The van der Waals surface area contributed by atoms with E-state index in [-0.39, 0.29) is 10.6 Å². The molecule has 2 aromatic rings. The Morgan fingerprint density at radius 1 is 1.24 bits per heavy atom. The molecule has 0 aliphatic rings. The number of hydrogen-bond acceptors (Lipinski definition) is 3. The molecule has 0 bridgehead atoms. The van der Waals surface area contributed by atoms with Gasteiger partial charge in [0.05, 0.1) is 10.6 Å². The van der Waals surface area contributed by atoms with Gasteiger partial charge in [0.2, 0.25) is 0 Å². The molecule has 0 unspecified atom stereocenters. The highest BCUT2D eigenvalue weighted by atomic mass is 79.9. The zero-order chi connectivity index (χ0) is 15.8. The van der Waals surface area contributed by atoms with Gasteiger partial charge in [-0.05, 0) is 65.2 Å². The fourth-order valence-electron chi connectivity index (χ4n) is 1.92. The summed E-state index contributed by atoms with van der Waals surface area (Å²) in [5.41, 5.74) is 7.24. The first kappa shape index (κ1) is 15.8. The molecule has 2 aromatic carbocycles. The fourth-order valence-corrected chi connectivity index (χ4v) is 3.93. The van der Waals surface area contributed by atoms with Gasteiger partial charge in [-0.3, -0.25) is 4.72 Å². The molecular formula is C14H14BrFN2O2S. The second kappa shape index (κ2) is 5.65. The Bertz CT molecular complexity index is 787. The van der Waals surface area contributed by atoms with Crippen molar-refractivity contribution in [3.63, 3.8) is 0 Å². The van der Waals surface area contributed by atoms with Gasteiger partial charge in [-0.15, -0.1) is 0 Å². The van der Waals surface area contributed by atoms with Gasteiger partial charge >= 0.3 is 0 Å². The summed E-state index contributed by atoms with van der Waals surface area (Å²) in [5, 5.41) is 0. The molecule has 0 aliphatic heterocycles. The van der Waals surface area contributed by atoms with Gasteiger partial charge in [-0.25, -0.2) is 12.8 Å². The maximum Gasteiger partial charge on any atom is 0.262 e. The van der Waals surface area contributed by atoms with Gasteiger partial charge in [0, 0.05) is 10.2 Å². The van der Waals surface area contributed by atoms with Gasteiger partial charge in [-0.2, -0.15) is 0 Å². The molecule has 0 aliphatic carbocycles. The van der Waals surface area contributed by atoms with Crippen LogP contribution in [-0.4, -0.2) is 8.42 Å². The molecular weight excluding hydrogens is 359 g/mol. The predicted molar refractivity (Wildman–Crippen MR) is 85.2 cm³/mol. The maximum absolute atomic E-state index is 13.8. The molecule has 0 atom stereocenters. The maximum atomic E-state index is 13.8. The number of nitrogen functional groups attached to an aromatic ring is 1. The molecule has 3 N–H and O–H groups in total. The van der Waals surface area contributed by atoms with E-state index in [0.29, 0.717) is 15.7 Å². The lowest BCUT2D eigenvalue weighted by Crippen LogP contribution is -2.16. The summed E-state index contributed by atoms with van der Waals surface area (Å²) in [6.07, 6.45) is 0. The Morgan fingerprint density at radius 2 is 1.90 bits per heavy atom. The largest absolute Gasteiger partial charge is 0.399 e. The lowest BCUT2D eigenvalue weighted by molar-refractivity contribution is 0.597. The summed E-state index contributed by atoms with van der Waals surface area (Å²) in [6.45, 7) is 3.45. The number of halogens is 2. The molecule has 0 spiro atoms. The van der Waals surface area contributed by atoms with E-state index in [4.69, 9.17) is 5.73 Å². The summed E-state index contributed by atoms with van der Waals surface area (Å²) in [6, 6.07) is 7.26. The predicted octanol–water partition coefficient (Wildman–Crippen LogP) is 3.59. The first-order chi connectivity index (χ1) is 9.72. The van der Waals surface area contributed by atoms with Crippen molar-refractivity contribution in [2.24, 2.45) is 0 Å². The highest BCUT2D eigenvalue weighted by molar-refractivity contribution is 9.10. The number of benzene rings is 2. The van der Waals surface area contributed by atoms with E-state index in [0.717, 1.165) is 5.56 Å². The van der Waals surface area contributed by atoms with E-state index in [9.17, 15) is 12.8 Å². The van der Waals surface area contributed by atoms with Crippen molar-refractivity contribution in [2.45, 2.75) is 18.7 Å². The van der Waals surface area contributed by atoms with Crippen LogP contribution in [0.25, 0.3) is 0 Å². The molecule has 7 heteroatoms. The number of rotatable bonds is 3.